The number of nitrogens with zero attached hydrogens (tertiary/aromatic N) is 4. The van der Waals surface area contributed by atoms with Crippen LogP contribution < -0.4 is 0 Å². The standard InChI is InChI=1S/C9H16Cl2N4/c10-2-6-14(7-3-11)4-1-5-15-9-12-8-13-15/h8-9H,1-7H2. The highest BCUT2D eigenvalue weighted by Gasteiger charge is 2.02. The fraction of sp³-hybridized carbons (Fsp3) is 0.778. The summed E-state index contributed by atoms with van der Waals surface area (Å²) < 4.78 is 1.83. The number of hydrogen-bond donors (Lipinski definition) is 0. The van der Waals surface area contributed by atoms with Crippen LogP contribution in [-0.2, 0) is 6.54 Å². The van der Waals surface area contributed by atoms with Gasteiger partial charge in [-0.1, -0.05) is 0 Å². The van der Waals surface area contributed by atoms with E-state index in [-0.39, 0.29) is 0 Å². The summed E-state index contributed by atoms with van der Waals surface area (Å²) in [6.45, 7) is 3.68. The van der Waals surface area contributed by atoms with Crippen LogP contribution in [0.5, 0.6) is 0 Å². The van der Waals surface area contributed by atoms with Crippen molar-refractivity contribution in [1.29, 1.82) is 0 Å². The van der Waals surface area contributed by atoms with Gasteiger partial charge in [0.1, 0.15) is 12.7 Å². The lowest BCUT2D eigenvalue weighted by Gasteiger charge is -2.19. The molecule has 1 rings (SSSR count). The maximum Gasteiger partial charge on any atom is 0.137 e. The molecule has 0 radical (unpaired) electrons. The van der Waals surface area contributed by atoms with E-state index >= 15 is 0 Å². The first-order chi connectivity index (χ1) is 7.36. The molecule has 0 atom stereocenters. The molecule has 86 valence electrons. The van der Waals surface area contributed by atoms with Crippen molar-refractivity contribution in [2.45, 2.75) is 13.0 Å². The van der Waals surface area contributed by atoms with Crippen LogP contribution in [0.3, 0.4) is 0 Å². The highest BCUT2D eigenvalue weighted by molar-refractivity contribution is 6.18. The van der Waals surface area contributed by atoms with Crippen molar-refractivity contribution < 1.29 is 0 Å². The summed E-state index contributed by atoms with van der Waals surface area (Å²) in [4.78, 5) is 6.15. The fourth-order valence-corrected chi connectivity index (χ4v) is 1.86. The Hall–Kier alpha value is -0.320. The molecule has 0 saturated carbocycles. The van der Waals surface area contributed by atoms with Crippen molar-refractivity contribution in [2.24, 2.45) is 0 Å². The lowest BCUT2D eigenvalue weighted by atomic mass is 10.3. The second kappa shape index (κ2) is 7.91. The van der Waals surface area contributed by atoms with Crippen molar-refractivity contribution in [3.8, 4) is 0 Å². The van der Waals surface area contributed by atoms with Crippen LogP contribution in [0.25, 0.3) is 0 Å². The van der Waals surface area contributed by atoms with E-state index in [0.29, 0.717) is 11.8 Å². The Morgan fingerprint density at radius 2 is 1.87 bits per heavy atom. The van der Waals surface area contributed by atoms with Crippen LogP contribution in [0.1, 0.15) is 6.42 Å². The van der Waals surface area contributed by atoms with Gasteiger partial charge in [0, 0.05) is 31.4 Å². The van der Waals surface area contributed by atoms with Gasteiger partial charge < -0.3 is 4.90 Å². The van der Waals surface area contributed by atoms with Gasteiger partial charge in [-0.3, -0.25) is 4.68 Å². The summed E-state index contributed by atoms with van der Waals surface area (Å²) in [5, 5.41) is 4.04. The highest BCUT2D eigenvalue weighted by Crippen LogP contribution is 1.96. The van der Waals surface area contributed by atoms with Crippen LogP contribution in [0.4, 0.5) is 0 Å². The van der Waals surface area contributed by atoms with Crippen LogP contribution >= 0.6 is 23.2 Å². The Kier molecular flexibility index (Phi) is 6.72. The molecule has 1 heterocycles. The molecule has 0 bridgehead atoms. The lowest BCUT2D eigenvalue weighted by Crippen LogP contribution is -2.29. The molecule has 0 unspecified atom stereocenters. The monoisotopic (exact) mass is 250 g/mol. The number of aromatic nitrogens is 3. The first-order valence-corrected chi connectivity index (χ1v) is 6.10. The molecule has 0 aromatic carbocycles. The van der Waals surface area contributed by atoms with Gasteiger partial charge in [-0.25, -0.2) is 4.98 Å². The average Bonchev–Trinajstić information content (AvgIpc) is 2.71. The first kappa shape index (κ1) is 12.7. The molecule has 4 nitrogen and oxygen atoms in total. The van der Waals surface area contributed by atoms with Gasteiger partial charge in [0.15, 0.2) is 0 Å². The first-order valence-electron chi connectivity index (χ1n) is 5.03. The number of hydrogen-bond acceptors (Lipinski definition) is 3. The van der Waals surface area contributed by atoms with E-state index in [1.165, 1.54) is 0 Å². The van der Waals surface area contributed by atoms with Gasteiger partial charge >= 0.3 is 0 Å². The van der Waals surface area contributed by atoms with Crippen LogP contribution in [-0.4, -0.2) is 51.1 Å². The Bertz CT molecular complexity index is 234. The van der Waals surface area contributed by atoms with E-state index in [1.54, 1.807) is 12.7 Å². The predicted octanol–water partition coefficient (Wildman–Crippen LogP) is 1.45. The molecule has 0 saturated heterocycles. The van der Waals surface area contributed by atoms with Crippen molar-refractivity contribution in [3.05, 3.63) is 12.7 Å². The van der Waals surface area contributed by atoms with Crippen molar-refractivity contribution in [3.63, 3.8) is 0 Å². The van der Waals surface area contributed by atoms with E-state index in [9.17, 15) is 0 Å². The second-order valence-electron chi connectivity index (χ2n) is 3.23. The summed E-state index contributed by atoms with van der Waals surface area (Å²) >= 11 is 11.4. The molecular weight excluding hydrogens is 235 g/mol. The van der Waals surface area contributed by atoms with E-state index in [1.807, 2.05) is 4.68 Å². The molecule has 0 amide bonds. The number of halogens is 2. The minimum atomic E-state index is 0.653. The zero-order valence-corrected chi connectivity index (χ0v) is 10.2. The quantitative estimate of drug-likeness (QED) is 0.656. The lowest BCUT2D eigenvalue weighted by molar-refractivity contribution is 0.294. The van der Waals surface area contributed by atoms with E-state index in [0.717, 1.165) is 32.6 Å². The van der Waals surface area contributed by atoms with Gasteiger partial charge in [-0.15, -0.1) is 23.2 Å². The Balaban J connectivity index is 2.15. The van der Waals surface area contributed by atoms with Gasteiger partial charge in [-0.2, -0.15) is 5.10 Å². The molecule has 1 aromatic rings. The Morgan fingerprint density at radius 1 is 1.13 bits per heavy atom. The molecule has 1 aromatic heterocycles. The van der Waals surface area contributed by atoms with Crippen molar-refractivity contribution in [1.82, 2.24) is 19.7 Å². The van der Waals surface area contributed by atoms with E-state index < -0.39 is 0 Å². The molecular formula is C9H16Cl2N4. The van der Waals surface area contributed by atoms with E-state index in [2.05, 4.69) is 15.0 Å². The normalized spacial score (nSPS) is 11.1. The van der Waals surface area contributed by atoms with Gasteiger partial charge in [-0.05, 0) is 13.0 Å². The summed E-state index contributed by atoms with van der Waals surface area (Å²) in [6, 6.07) is 0. The van der Waals surface area contributed by atoms with E-state index in [4.69, 9.17) is 23.2 Å². The molecule has 0 N–H and O–H groups in total. The zero-order valence-electron chi connectivity index (χ0n) is 8.65. The second-order valence-corrected chi connectivity index (χ2v) is 3.99. The van der Waals surface area contributed by atoms with Crippen LogP contribution in [0, 0.1) is 0 Å². The maximum absolute atomic E-state index is 5.70. The van der Waals surface area contributed by atoms with Crippen molar-refractivity contribution in [2.75, 3.05) is 31.4 Å². The molecule has 0 aliphatic carbocycles. The smallest absolute Gasteiger partial charge is 0.137 e. The summed E-state index contributed by atoms with van der Waals surface area (Å²) in [7, 11) is 0. The van der Waals surface area contributed by atoms with Crippen molar-refractivity contribution >= 4 is 23.2 Å². The molecule has 0 aliphatic rings. The topological polar surface area (TPSA) is 34.0 Å². The Labute approximate surface area is 100 Å². The van der Waals surface area contributed by atoms with Crippen LogP contribution in [0.15, 0.2) is 12.7 Å². The third-order valence-electron chi connectivity index (χ3n) is 2.13. The van der Waals surface area contributed by atoms with Gasteiger partial charge in [0.25, 0.3) is 0 Å². The highest BCUT2D eigenvalue weighted by atomic mass is 35.5. The van der Waals surface area contributed by atoms with Gasteiger partial charge in [0.2, 0.25) is 0 Å². The summed E-state index contributed by atoms with van der Waals surface area (Å²) in [5.74, 6) is 1.31. The predicted molar refractivity (Wildman–Crippen MR) is 62.5 cm³/mol. The zero-order chi connectivity index (χ0) is 10.9. The summed E-state index contributed by atoms with van der Waals surface area (Å²) in [5.41, 5.74) is 0. The maximum atomic E-state index is 5.70. The average molecular weight is 251 g/mol. The third kappa shape index (κ3) is 5.35. The minimum absolute atomic E-state index is 0.653. The molecule has 6 heteroatoms. The van der Waals surface area contributed by atoms with Crippen LogP contribution in [0.2, 0.25) is 0 Å². The number of alkyl halides is 2. The Morgan fingerprint density at radius 3 is 2.40 bits per heavy atom. The number of aryl methyl sites for hydroxylation is 1. The minimum Gasteiger partial charge on any atom is -0.301 e. The molecule has 15 heavy (non-hydrogen) atoms. The third-order valence-corrected chi connectivity index (χ3v) is 2.47. The number of rotatable bonds is 8. The van der Waals surface area contributed by atoms with Gasteiger partial charge in [0.05, 0.1) is 0 Å². The summed E-state index contributed by atoms with van der Waals surface area (Å²) in [6.07, 6.45) is 4.32. The molecule has 0 spiro atoms. The largest absolute Gasteiger partial charge is 0.301 e. The molecule has 0 fully saturated rings. The fourth-order valence-electron chi connectivity index (χ4n) is 1.38. The molecule has 0 aliphatic heterocycles. The SMILES string of the molecule is ClCCN(CCCl)CCCn1cncn1.